The monoisotopic (exact) mass is 118 g/mol. The van der Waals surface area contributed by atoms with Crippen LogP contribution in [0.3, 0.4) is 0 Å². The first-order valence-corrected chi connectivity index (χ1v) is 2.20. The molecule has 0 bridgehead atoms. The highest BCUT2D eigenvalue weighted by molar-refractivity contribution is 4.80. The summed E-state index contributed by atoms with van der Waals surface area (Å²) in [7, 11) is 0. The van der Waals surface area contributed by atoms with E-state index in [2.05, 4.69) is 21.5 Å². The number of hydrogen-bond acceptors (Lipinski definition) is 4. The van der Waals surface area contributed by atoms with Crippen molar-refractivity contribution in [3.05, 3.63) is 12.2 Å². The molecule has 0 saturated heterocycles. The van der Waals surface area contributed by atoms with Crippen LogP contribution in [0, 0.1) is 0 Å². The summed E-state index contributed by atoms with van der Waals surface area (Å²) in [5.74, 6) is 9.37. The molecule has 0 atom stereocenters. The third kappa shape index (κ3) is 5.58. The van der Waals surface area contributed by atoms with Crippen molar-refractivity contribution in [1.29, 1.82) is 0 Å². The van der Waals surface area contributed by atoms with Gasteiger partial charge in [-0.2, -0.15) is 0 Å². The fraction of sp³-hybridized carbons (Fsp3) is 0.500. The topological polar surface area (TPSA) is 70.5 Å². The quantitative estimate of drug-likeness (QED) is 0.379. The van der Waals surface area contributed by atoms with Gasteiger partial charge in [0.15, 0.2) is 0 Å². The average Bonchev–Trinajstić information content (AvgIpc) is 1.81. The summed E-state index contributed by atoms with van der Waals surface area (Å²) in [6, 6.07) is 0. The van der Waals surface area contributed by atoms with Crippen molar-refractivity contribution < 1.29 is 9.68 Å². The summed E-state index contributed by atoms with van der Waals surface area (Å²) in [5, 5.41) is 0. The number of hydrogen-bond donors (Lipinski definition) is 2. The Bertz CT molecular complexity index is 57.1. The van der Waals surface area contributed by atoms with Crippen LogP contribution in [-0.2, 0) is 9.68 Å². The van der Waals surface area contributed by atoms with Crippen molar-refractivity contribution in [3.63, 3.8) is 0 Å². The minimum absolute atomic E-state index is 0.392. The Morgan fingerprint density at radius 2 is 1.38 bits per heavy atom. The molecule has 0 aromatic heterocycles. The first kappa shape index (κ1) is 7.58. The Labute approximate surface area is 48.0 Å². The van der Waals surface area contributed by atoms with Crippen molar-refractivity contribution in [3.8, 4) is 0 Å². The van der Waals surface area contributed by atoms with Crippen LogP contribution in [0.5, 0.6) is 0 Å². The zero-order valence-electron chi connectivity index (χ0n) is 4.54. The van der Waals surface area contributed by atoms with Gasteiger partial charge < -0.3 is 9.68 Å². The highest BCUT2D eigenvalue weighted by atomic mass is 16.6. The molecule has 0 aromatic carbocycles. The lowest BCUT2D eigenvalue weighted by atomic mass is 10.5. The molecule has 0 aliphatic heterocycles. The fourth-order valence-corrected chi connectivity index (χ4v) is 0.247. The Kier molecular flexibility index (Phi) is 6.23. The Balaban J connectivity index is 2.83. The van der Waals surface area contributed by atoms with Crippen molar-refractivity contribution in [2.24, 2.45) is 11.8 Å². The molecule has 0 aromatic rings. The van der Waals surface area contributed by atoms with Crippen molar-refractivity contribution in [2.75, 3.05) is 13.2 Å². The maximum absolute atomic E-state index is 4.69. The second kappa shape index (κ2) is 6.58. The molecular weight excluding hydrogens is 108 g/mol. The van der Waals surface area contributed by atoms with Gasteiger partial charge in [-0.1, -0.05) is 12.2 Å². The zero-order valence-corrected chi connectivity index (χ0v) is 4.54. The van der Waals surface area contributed by atoms with Gasteiger partial charge in [0, 0.05) is 0 Å². The molecule has 0 unspecified atom stereocenters. The smallest absolute Gasteiger partial charge is 0.0861 e. The highest BCUT2D eigenvalue weighted by Gasteiger charge is 1.71. The molecule has 0 aliphatic carbocycles. The number of rotatable bonds is 4. The molecule has 0 spiro atoms. The van der Waals surface area contributed by atoms with Crippen LogP contribution < -0.4 is 11.8 Å². The van der Waals surface area contributed by atoms with Crippen LogP contribution in [0.15, 0.2) is 12.2 Å². The van der Waals surface area contributed by atoms with Crippen LogP contribution in [0.4, 0.5) is 0 Å². The van der Waals surface area contributed by atoms with Gasteiger partial charge in [-0.3, -0.25) is 0 Å². The second-order valence-electron chi connectivity index (χ2n) is 1.14. The van der Waals surface area contributed by atoms with Crippen LogP contribution in [0.2, 0.25) is 0 Å². The Morgan fingerprint density at radius 1 is 1.00 bits per heavy atom. The van der Waals surface area contributed by atoms with Crippen LogP contribution in [0.1, 0.15) is 0 Å². The molecule has 0 rings (SSSR count). The molecule has 0 radical (unpaired) electrons. The lowest BCUT2D eigenvalue weighted by Gasteiger charge is -1.86. The normalized spacial score (nSPS) is 10.8. The maximum Gasteiger partial charge on any atom is 0.0861 e. The van der Waals surface area contributed by atoms with E-state index >= 15 is 0 Å². The van der Waals surface area contributed by atoms with E-state index in [0.29, 0.717) is 13.2 Å². The standard InChI is InChI=1S/C4H10N2O2/c5-7-3-1-2-4-8-6/h1-2H,3-6H2/b2-1-. The molecule has 4 N–H and O–H groups in total. The average molecular weight is 118 g/mol. The molecule has 8 heavy (non-hydrogen) atoms. The molecule has 0 saturated carbocycles. The first-order valence-electron chi connectivity index (χ1n) is 2.20. The predicted octanol–water partition coefficient (Wildman–Crippen LogP) is -0.677. The molecule has 0 fully saturated rings. The van der Waals surface area contributed by atoms with E-state index in [1.54, 1.807) is 12.2 Å². The van der Waals surface area contributed by atoms with E-state index in [1.807, 2.05) is 0 Å². The highest BCUT2D eigenvalue weighted by Crippen LogP contribution is 1.71. The molecule has 4 nitrogen and oxygen atoms in total. The van der Waals surface area contributed by atoms with Gasteiger partial charge in [0.05, 0.1) is 13.2 Å². The third-order valence-corrected chi connectivity index (χ3v) is 0.552. The van der Waals surface area contributed by atoms with Gasteiger partial charge in [0.2, 0.25) is 0 Å². The minimum atomic E-state index is 0.392. The minimum Gasteiger partial charge on any atom is -0.300 e. The predicted molar refractivity (Wildman–Crippen MR) is 29.4 cm³/mol. The summed E-state index contributed by atoms with van der Waals surface area (Å²) in [4.78, 5) is 8.41. The summed E-state index contributed by atoms with van der Waals surface area (Å²) in [5.41, 5.74) is 0. The van der Waals surface area contributed by atoms with Crippen LogP contribution in [-0.4, -0.2) is 13.2 Å². The Hall–Kier alpha value is -0.420. The lowest BCUT2D eigenvalue weighted by Crippen LogP contribution is -2.00. The summed E-state index contributed by atoms with van der Waals surface area (Å²) >= 11 is 0. The van der Waals surface area contributed by atoms with E-state index in [1.165, 1.54) is 0 Å². The van der Waals surface area contributed by atoms with E-state index in [0.717, 1.165) is 0 Å². The maximum atomic E-state index is 4.69. The van der Waals surface area contributed by atoms with Gasteiger partial charge in [0.25, 0.3) is 0 Å². The van der Waals surface area contributed by atoms with Crippen molar-refractivity contribution >= 4 is 0 Å². The molecule has 4 heteroatoms. The summed E-state index contributed by atoms with van der Waals surface area (Å²) < 4.78 is 0. The second-order valence-corrected chi connectivity index (χ2v) is 1.14. The molecule has 48 valence electrons. The van der Waals surface area contributed by atoms with E-state index in [-0.39, 0.29) is 0 Å². The number of nitrogens with two attached hydrogens (primary N) is 2. The van der Waals surface area contributed by atoms with Gasteiger partial charge in [0.1, 0.15) is 0 Å². The van der Waals surface area contributed by atoms with Crippen LogP contribution in [0.25, 0.3) is 0 Å². The molecule has 0 amide bonds. The third-order valence-electron chi connectivity index (χ3n) is 0.552. The summed E-state index contributed by atoms with van der Waals surface area (Å²) in [6.07, 6.45) is 3.43. The lowest BCUT2D eigenvalue weighted by molar-refractivity contribution is 0.159. The van der Waals surface area contributed by atoms with E-state index in [4.69, 9.17) is 0 Å². The first-order chi connectivity index (χ1) is 3.91. The zero-order chi connectivity index (χ0) is 6.24. The fourth-order valence-electron chi connectivity index (χ4n) is 0.247. The summed E-state index contributed by atoms with van der Waals surface area (Å²) in [6.45, 7) is 0.784. The van der Waals surface area contributed by atoms with Gasteiger partial charge in [-0.25, -0.2) is 11.8 Å². The van der Waals surface area contributed by atoms with Gasteiger partial charge in [-0.05, 0) is 0 Å². The van der Waals surface area contributed by atoms with Crippen molar-refractivity contribution in [1.82, 2.24) is 0 Å². The van der Waals surface area contributed by atoms with E-state index in [9.17, 15) is 0 Å². The van der Waals surface area contributed by atoms with Crippen LogP contribution >= 0.6 is 0 Å². The Morgan fingerprint density at radius 3 is 1.62 bits per heavy atom. The SMILES string of the molecule is NOC/C=C\CON. The molecular formula is C4H10N2O2. The van der Waals surface area contributed by atoms with Crippen molar-refractivity contribution in [2.45, 2.75) is 0 Å². The molecule has 0 aliphatic rings. The van der Waals surface area contributed by atoms with Gasteiger partial charge in [-0.15, -0.1) is 0 Å². The molecule has 0 heterocycles. The largest absolute Gasteiger partial charge is 0.300 e. The van der Waals surface area contributed by atoms with E-state index < -0.39 is 0 Å². The van der Waals surface area contributed by atoms with Gasteiger partial charge >= 0.3 is 0 Å².